The van der Waals surface area contributed by atoms with Crippen molar-refractivity contribution in [3.8, 4) is 0 Å². The highest BCUT2D eigenvalue weighted by atomic mass is 16.9. The molecule has 3 nitrogen and oxygen atoms in total. The fourth-order valence-electron chi connectivity index (χ4n) is 1.63. The monoisotopic (exact) mass is 141 g/mol. The van der Waals surface area contributed by atoms with Crippen molar-refractivity contribution >= 4 is 5.78 Å². The van der Waals surface area contributed by atoms with Crippen LogP contribution < -0.4 is 0 Å². The maximum atomic E-state index is 11.2. The summed E-state index contributed by atoms with van der Waals surface area (Å²) in [4.78, 5) is 16.3. The zero-order chi connectivity index (χ0) is 7.19. The van der Waals surface area contributed by atoms with Gasteiger partial charge in [0.2, 0.25) is 5.72 Å². The normalized spacial score (nSPS) is 43.7. The van der Waals surface area contributed by atoms with Crippen LogP contribution in [-0.2, 0) is 9.63 Å². The molecule has 2 aliphatic heterocycles. The summed E-state index contributed by atoms with van der Waals surface area (Å²) in [5.74, 6) is 0.273. The van der Waals surface area contributed by atoms with E-state index in [2.05, 4.69) is 6.92 Å². The number of hydroxylamine groups is 2. The molecule has 56 valence electrons. The van der Waals surface area contributed by atoms with Gasteiger partial charge in [0, 0.05) is 19.4 Å². The van der Waals surface area contributed by atoms with E-state index >= 15 is 0 Å². The Balaban J connectivity index is 2.10. The Kier molecular flexibility index (Phi) is 1.13. The van der Waals surface area contributed by atoms with Gasteiger partial charge in [-0.25, -0.2) is 0 Å². The van der Waals surface area contributed by atoms with Gasteiger partial charge >= 0.3 is 0 Å². The number of hydrogen-bond donors (Lipinski definition) is 0. The lowest BCUT2D eigenvalue weighted by Gasteiger charge is -1.99. The number of rotatable bonds is 2. The van der Waals surface area contributed by atoms with E-state index in [4.69, 9.17) is 4.84 Å². The van der Waals surface area contributed by atoms with Gasteiger partial charge in [-0.15, -0.1) is 5.06 Å². The molecule has 0 aromatic heterocycles. The quantitative estimate of drug-likeness (QED) is 0.531. The zero-order valence-electron chi connectivity index (χ0n) is 6.09. The summed E-state index contributed by atoms with van der Waals surface area (Å²) < 4.78 is 0. The lowest BCUT2D eigenvalue weighted by atomic mass is 10.1. The van der Waals surface area contributed by atoms with Crippen LogP contribution in [0.1, 0.15) is 26.2 Å². The van der Waals surface area contributed by atoms with Crippen LogP contribution in [0.15, 0.2) is 0 Å². The Morgan fingerprint density at radius 1 is 1.80 bits per heavy atom. The lowest BCUT2D eigenvalue weighted by molar-refractivity contribution is -0.123. The van der Waals surface area contributed by atoms with E-state index in [1.54, 1.807) is 5.06 Å². The molecule has 2 heterocycles. The van der Waals surface area contributed by atoms with Crippen LogP contribution in [0, 0.1) is 0 Å². The predicted octanol–water partition coefficient (Wildman–Crippen LogP) is 0.703. The molecule has 2 fully saturated rings. The van der Waals surface area contributed by atoms with Gasteiger partial charge < -0.3 is 0 Å². The highest BCUT2D eigenvalue weighted by Gasteiger charge is 2.63. The summed E-state index contributed by atoms with van der Waals surface area (Å²) in [5.41, 5.74) is -0.436. The minimum absolute atomic E-state index is 0.273. The number of nitrogens with zero attached hydrogens (tertiary/aromatic N) is 1. The van der Waals surface area contributed by atoms with Gasteiger partial charge in [0.15, 0.2) is 5.78 Å². The molecule has 2 unspecified atom stereocenters. The van der Waals surface area contributed by atoms with Crippen LogP contribution in [0.3, 0.4) is 0 Å². The maximum Gasteiger partial charge on any atom is 0.222 e. The maximum absolute atomic E-state index is 11.2. The smallest absolute Gasteiger partial charge is 0.222 e. The molecule has 0 saturated carbocycles. The summed E-state index contributed by atoms with van der Waals surface area (Å²) in [6, 6.07) is 0. The van der Waals surface area contributed by atoms with Crippen molar-refractivity contribution < 1.29 is 9.63 Å². The lowest BCUT2D eigenvalue weighted by Crippen LogP contribution is -2.21. The van der Waals surface area contributed by atoms with Gasteiger partial charge in [0.05, 0.1) is 0 Å². The van der Waals surface area contributed by atoms with Crippen LogP contribution in [0.25, 0.3) is 0 Å². The van der Waals surface area contributed by atoms with E-state index < -0.39 is 5.72 Å². The van der Waals surface area contributed by atoms with Gasteiger partial charge in [0.25, 0.3) is 0 Å². The molecule has 3 heteroatoms. The molecule has 0 N–H and O–H groups in total. The molecular weight excluding hydrogens is 130 g/mol. The van der Waals surface area contributed by atoms with Crippen molar-refractivity contribution in [3.05, 3.63) is 0 Å². The molecule has 0 aromatic rings. The van der Waals surface area contributed by atoms with Gasteiger partial charge in [-0.3, -0.25) is 9.63 Å². The highest BCUT2D eigenvalue weighted by Crippen LogP contribution is 2.45. The SMILES string of the molecule is CCCC12ON1CCC2=O. The van der Waals surface area contributed by atoms with E-state index in [9.17, 15) is 4.79 Å². The highest BCUT2D eigenvalue weighted by molar-refractivity contribution is 5.90. The van der Waals surface area contributed by atoms with Crippen LogP contribution in [0.4, 0.5) is 0 Å². The van der Waals surface area contributed by atoms with Crippen molar-refractivity contribution in [2.24, 2.45) is 0 Å². The van der Waals surface area contributed by atoms with E-state index in [1.807, 2.05) is 0 Å². The first-order valence-electron chi connectivity index (χ1n) is 3.79. The Hall–Kier alpha value is -0.410. The standard InChI is InChI=1S/C7H11NO2/c1-2-4-7-6(9)3-5-8(7)10-7/h2-5H2,1H3. The number of hydrogen-bond acceptors (Lipinski definition) is 3. The van der Waals surface area contributed by atoms with Gasteiger partial charge in [-0.2, -0.15) is 0 Å². The molecule has 2 atom stereocenters. The third-order valence-corrected chi connectivity index (χ3v) is 2.20. The molecular formula is C7H11NO2. The number of Topliss-reactive ketones (excluding diaryl/α,β-unsaturated/α-hetero) is 1. The van der Waals surface area contributed by atoms with Crippen LogP contribution in [0.2, 0.25) is 0 Å². The minimum Gasteiger partial charge on any atom is -0.295 e. The summed E-state index contributed by atoms with van der Waals surface area (Å²) in [5, 5.41) is 1.80. The first kappa shape index (κ1) is 6.31. The van der Waals surface area contributed by atoms with Gasteiger partial charge in [-0.05, 0) is 0 Å². The van der Waals surface area contributed by atoms with Crippen molar-refractivity contribution in [1.29, 1.82) is 0 Å². The van der Waals surface area contributed by atoms with Crippen LogP contribution in [-0.4, -0.2) is 23.1 Å². The number of fused-ring (bicyclic) bond motifs is 1. The minimum atomic E-state index is -0.436. The second-order valence-corrected chi connectivity index (χ2v) is 2.90. The third-order valence-electron chi connectivity index (χ3n) is 2.20. The van der Waals surface area contributed by atoms with Gasteiger partial charge in [-0.1, -0.05) is 13.3 Å². The fraction of sp³-hybridized carbons (Fsp3) is 0.857. The Morgan fingerprint density at radius 2 is 2.60 bits per heavy atom. The molecule has 0 amide bonds. The molecule has 0 bridgehead atoms. The van der Waals surface area contributed by atoms with E-state index in [1.165, 1.54) is 0 Å². The van der Waals surface area contributed by atoms with Crippen LogP contribution >= 0.6 is 0 Å². The summed E-state index contributed by atoms with van der Waals surface area (Å²) in [7, 11) is 0. The van der Waals surface area contributed by atoms with Crippen molar-refractivity contribution in [2.75, 3.05) is 6.54 Å². The third kappa shape index (κ3) is 0.592. The molecule has 2 saturated heterocycles. The summed E-state index contributed by atoms with van der Waals surface area (Å²) >= 11 is 0. The molecule has 2 rings (SSSR count). The Bertz CT molecular complexity index is 180. The van der Waals surface area contributed by atoms with E-state index in [-0.39, 0.29) is 5.78 Å². The number of carbonyl (C=O) groups excluding carboxylic acids is 1. The molecule has 0 radical (unpaired) electrons. The largest absolute Gasteiger partial charge is 0.295 e. The predicted molar refractivity (Wildman–Crippen MR) is 35.1 cm³/mol. The fourth-order valence-corrected chi connectivity index (χ4v) is 1.63. The Morgan fingerprint density at radius 3 is 3.00 bits per heavy atom. The van der Waals surface area contributed by atoms with Crippen molar-refractivity contribution in [3.63, 3.8) is 0 Å². The average Bonchev–Trinajstić information content (AvgIpc) is 2.53. The van der Waals surface area contributed by atoms with Crippen LogP contribution in [0.5, 0.6) is 0 Å². The molecule has 0 aromatic carbocycles. The molecule has 0 spiro atoms. The van der Waals surface area contributed by atoms with Crippen molar-refractivity contribution in [2.45, 2.75) is 31.9 Å². The van der Waals surface area contributed by atoms with E-state index in [0.717, 1.165) is 19.4 Å². The molecule has 10 heavy (non-hydrogen) atoms. The molecule has 0 aliphatic carbocycles. The summed E-state index contributed by atoms with van der Waals surface area (Å²) in [6.07, 6.45) is 2.56. The number of carbonyl (C=O) groups is 1. The van der Waals surface area contributed by atoms with Crippen molar-refractivity contribution in [1.82, 2.24) is 5.06 Å². The second kappa shape index (κ2) is 1.80. The first-order valence-corrected chi connectivity index (χ1v) is 3.79. The van der Waals surface area contributed by atoms with Gasteiger partial charge in [0.1, 0.15) is 0 Å². The zero-order valence-corrected chi connectivity index (χ0v) is 6.09. The second-order valence-electron chi connectivity index (χ2n) is 2.90. The topological polar surface area (TPSA) is 32.6 Å². The average molecular weight is 141 g/mol. The number of ketones is 1. The Labute approximate surface area is 59.9 Å². The molecule has 2 aliphatic rings. The summed E-state index contributed by atoms with van der Waals surface area (Å²) in [6.45, 7) is 2.87. The van der Waals surface area contributed by atoms with E-state index in [0.29, 0.717) is 6.42 Å². The first-order chi connectivity index (χ1) is 4.79.